The molecule has 0 radical (unpaired) electrons. The van der Waals surface area contributed by atoms with Crippen LogP contribution in [0.25, 0.3) is 0 Å². The molecular formula is C17H19NO2S. The molecule has 110 valence electrons. The van der Waals surface area contributed by atoms with Crippen LogP contribution >= 0.6 is 11.8 Å². The van der Waals surface area contributed by atoms with Crippen LogP contribution in [0.15, 0.2) is 47.4 Å². The zero-order chi connectivity index (χ0) is 15.2. The van der Waals surface area contributed by atoms with E-state index in [9.17, 15) is 4.79 Å². The maximum Gasteiger partial charge on any atom is 0.309 e. The van der Waals surface area contributed by atoms with Gasteiger partial charge in [-0.05, 0) is 29.7 Å². The van der Waals surface area contributed by atoms with E-state index in [1.807, 2.05) is 49.4 Å². The number of methoxy groups -OCH3 is 1. The first kappa shape index (κ1) is 15.4. The van der Waals surface area contributed by atoms with Crippen LogP contribution in [0.2, 0.25) is 0 Å². The number of para-hydroxylation sites is 1. The molecule has 3 nitrogen and oxygen atoms in total. The molecule has 0 bridgehead atoms. The van der Waals surface area contributed by atoms with Crippen LogP contribution in [0, 0.1) is 6.92 Å². The number of hydrogen-bond donors (Lipinski definition) is 1. The molecule has 0 heterocycles. The van der Waals surface area contributed by atoms with Crippen molar-refractivity contribution in [1.82, 2.24) is 0 Å². The molecule has 0 aliphatic heterocycles. The number of thioether (sulfide) groups is 1. The van der Waals surface area contributed by atoms with E-state index in [-0.39, 0.29) is 5.97 Å². The summed E-state index contributed by atoms with van der Waals surface area (Å²) in [6.45, 7) is 2.00. The van der Waals surface area contributed by atoms with Gasteiger partial charge < -0.3 is 10.5 Å². The van der Waals surface area contributed by atoms with Crippen LogP contribution in [0.5, 0.6) is 0 Å². The van der Waals surface area contributed by atoms with E-state index >= 15 is 0 Å². The van der Waals surface area contributed by atoms with Crippen LogP contribution in [0.4, 0.5) is 5.69 Å². The largest absolute Gasteiger partial charge is 0.469 e. The Bertz CT molecular complexity index is 640. The summed E-state index contributed by atoms with van der Waals surface area (Å²) in [4.78, 5) is 12.5. The summed E-state index contributed by atoms with van der Waals surface area (Å²) in [5.74, 6) is 0.559. The van der Waals surface area contributed by atoms with Gasteiger partial charge in [-0.1, -0.05) is 36.4 Å². The summed E-state index contributed by atoms with van der Waals surface area (Å²) in [6, 6.07) is 14.0. The minimum atomic E-state index is -0.220. The second-order valence-corrected chi connectivity index (χ2v) is 5.81. The summed E-state index contributed by atoms with van der Waals surface area (Å²) in [7, 11) is 1.41. The molecule has 0 fully saturated rings. The second-order valence-electron chi connectivity index (χ2n) is 4.80. The number of nitrogen functional groups attached to an aromatic ring is 1. The number of ether oxygens (including phenoxy) is 1. The zero-order valence-corrected chi connectivity index (χ0v) is 13.1. The van der Waals surface area contributed by atoms with Crippen LogP contribution in [-0.2, 0) is 21.7 Å². The van der Waals surface area contributed by atoms with Crippen LogP contribution in [0.1, 0.15) is 16.7 Å². The lowest BCUT2D eigenvalue weighted by Crippen LogP contribution is -2.06. The fourth-order valence-electron chi connectivity index (χ4n) is 2.03. The van der Waals surface area contributed by atoms with Crippen molar-refractivity contribution < 1.29 is 9.53 Å². The Morgan fingerprint density at radius 1 is 1.14 bits per heavy atom. The molecule has 0 aromatic heterocycles. The predicted molar refractivity (Wildman–Crippen MR) is 87.3 cm³/mol. The van der Waals surface area contributed by atoms with Crippen molar-refractivity contribution in [2.75, 3.05) is 12.8 Å². The van der Waals surface area contributed by atoms with Crippen LogP contribution in [-0.4, -0.2) is 13.1 Å². The highest BCUT2D eigenvalue weighted by Crippen LogP contribution is 2.30. The van der Waals surface area contributed by atoms with E-state index < -0.39 is 0 Å². The number of carbonyl (C=O) groups excluding carboxylic acids is 1. The van der Waals surface area contributed by atoms with Gasteiger partial charge in [-0.25, -0.2) is 0 Å². The van der Waals surface area contributed by atoms with E-state index in [1.165, 1.54) is 7.11 Å². The van der Waals surface area contributed by atoms with Gasteiger partial charge in [-0.15, -0.1) is 11.8 Å². The van der Waals surface area contributed by atoms with Gasteiger partial charge in [0.15, 0.2) is 0 Å². The smallest absolute Gasteiger partial charge is 0.309 e. The van der Waals surface area contributed by atoms with Gasteiger partial charge >= 0.3 is 5.97 Å². The van der Waals surface area contributed by atoms with Crippen molar-refractivity contribution in [3.63, 3.8) is 0 Å². The Hall–Kier alpha value is -1.94. The Morgan fingerprint density at radius 2 is 1.86 bits per heavy atom. The fraction of sp³-hybridized carbons (Fsp3) is 0.235. The molecule has 2 rings (SSSR count). The van der Waals surface area contributed by atoms with Gasteiger partial charge in [0, 0.05) is 16.3 Å². The Morgan fingerprint density at radius 3 is 2.57 bits per heavy atom. The standard InChI is InChI=1S/C17H19NO2S/c1-12-6-5-9-15(17(12)18)21-11-14-8-4-3-7-13(14)10-16(19)20-2/h3-9H,10-11,18H2,1-2H3. The summed E-state index contributed by atoms with van der Waals surface area (Å²) in [5.41, 5.74) is 10.1. The average molecular weight is 301 g/mol. The third-order valence-electron chi connectivity index (χ3n) is 3.35. The number of anilines is 1. The summed E-state index contributed by atoms with van der Waals surface area (Å²) >= 11 is 1.69. The van der Waals surface area contributed by atoms with E-state index in [1.54, 1.807) is 11.8 Å². The van der Waals surface area contributed by atoms with E-state index in [0.29, 0.717) is 6.42 Å². The van der Waals surface area contributed by atoms with E-state index in [2.05, 4.69) is 0 Å². The molecule has 0 saturated heterocycles. The number of benzene rings is 2. The van der Waals surface area contributed by atoms with Gasteiger partial charge in [0.25, 0.3) is 0 Å². The number of aryl methyl sites for hydroxylation is 1. The van der Waals surface area contributed by atoms with Crippen molar-refractivity contribution in [3.8, 4) is 0 Å². The molecule has 0 atom stereocenters. The van der Waals surface area contributed by atoms with Gasteiger partial charge in [0.05, 0.1) is 13.5 Å². The minimum absolute atomic E-state index is 0.220. The minimum Gasteiger partial charge on any atom is -0.469 e. The molecule has 0 spiro atoms. The highest BCUT2D eigenvalue weighted by Gasteiger charge is 2.09. The van der Waals surface area contributed by atoms with Crippen molar-refractivity contribution in [1.29, 1.82) is 0 Å². The fourth-order valence-corrected chi connectivity index (χ4v) is 3.12. The zero-order valence-electron chi connectivity index (χ0n) is 12.3. The first-order valence-electron chi connectivity index (χ1n) is 6.73. The molecule has 0 saturated carbocycles. The van der Waals surface area contributed by atoms with Crippen molar-refractivity contribution >= 4 is 23.4 Å². The monoisotopic (exact) mass is 301 g/mol. The molecule has 2 N–H and O–H groups in total. The summed E-state index contributed by atoms with van der Waals surface area (Å²) in [6.07, 6.45) is 0.302. The van der Waals surface area contributed by atoms with Crippen LogP contribution < -0.4 is 5.73 Å². The molecule has 2 aromatic carbocycles. The SMILES string of the molecule is COC(=O)Cc1ccccc1CSc1cccc(C)c1N. The summed E-state index contributed by atoms with van der Waals surface area (Å²) < 4.78 is 4.74. The Labute approximate surface area is 129 Å². The summed E-state index contributed by atoms with van der Waals surface area (Å²) in [5, 5.41) is 0. The maximum atomic E-state index is 11.5. The number of carbonyl (C=O) groups is 1. The molecule has 0 aliphatic carbocycles. The third kappa shape index (κ3) is 4.02. The highest BCUT2D eigenvalue weighted by atomic mass is 32.2. The highest BCUT2D eigenvalue weighted by molar-refractivity contribution is 7.98. The number of nitrogens with two attached hydrogens (primary N) is 1. The van der Waals surface area contributed by atoms with Gasteiger partial charge in [-0.3, -0.25) is 4.79 Å². The Balaban J connectivity index is 2.13. The Kier molecular flexibility index (Phi) is 5.28. The van der Waals surface area contributed by atoms with Crippen molar-refractivity contribution in [3.05, 3.63) is 59.2 Å². The van der Waals surface area contributed by atoms with Crippen molar-refractivity contribution in [2.45, 2.75) is 24.0 Å². The molecule has 2 aromatic rings. The molecule has 0 unspecified atom stereocenters. The topological polar surface area (TPSA) is 52.3 Å². The van der Waals surface area contributed by atoms with Crippen molar-refractivity contribution in [2.24, 2.45) is 0 Å². The molecule has 21 heavy (non-hydrogen) atoms. The molecule has 4 heteroatoms. The molecule has 0 aliphatic rings. The quantitative estimate of drug-likeness (QED) is 0.521. The first-order valence-corrected chi connectivity index (χ1v) is 7.72. The lowest BCUT2D eigenvalue weighted by atomic mass is 10.1. The van der Waals surface area contributed by atoms with Gasteiger partial charge in [0.1, 0.15) is 0 Å². The van der Waals surface area contributed by atoms with Gasteiger partial charge in [-0.2, -0.15) is 0 Å². The first-order chi connectivity index (χ1) is 10.1. The average Bonchev–Trinajstić information content (AvgIpc) is 2.50. The lowest BCUT2D eigenvalue weighted by Gasteiger charge is -2.10. The number of hydrogen-bond acceptors (Lipinski definition) is 4. The number of rotatable bonds is 5. The third-order valence-corrected chi connectivity index (χ3v) is 4.47. The van der Waals surface area contributed by atoms with Gasteiger partial charge in [0.2, 0.25) is 0 Å². The predicted octanol–water partition coefficient (Wildman–Crippen LogP) is 3.59. The number of esters is 1. The van der Waals surface area contributed by atoms with Crippen LogP contribution in [0.3, 0.4) is 0 Å². The molecule has 0 amide bonds. The maximum absolute atomic E-state index is 11.5. The van der Waals surface area contributed by atoms with E-state index in [4.69, 9.17) is 10.5 Å². The normalized spacial score (nSPS) is 10.4. The van der Waals surface area contributed by atoms with E-state index in [0.717, 1.165) is 33.0 Å². The second kappa shape index (κ2) is 7.18. The molecular weight excluding hydrogens is 282 g/mol. The lowest BCUT2D eigenvalue weighted by molar-refractivity contribution is -0.139.